The van der Waals surface area contributed by atoms with Crippen LogP contribution in [-0.2, 0) is 9.59 Å². The highest BCUT2D eigenvalue weighted by Crippen LogP contribution is 2.09. The Labute approximate surface area is 67.3 Å². The molecule has 0 aliphatic heterocycles. The van der Waals surface area contributed by atoms with E-state index in [1.807, 2.05) is 13.8 Å². The molecule has 0 aromatic carbocycles. The molecule has 0 radical (unpaired) electrons. The van der Waals surface area contributed by atoms with E-state index in [2.05, 4.69) is 0 Å². The smallest absolute Gasteiger partial charge is 0.146 e. The van der Waals surface area contributed by atoms with Gasteiger partial charge in [0, 0.05) is 0 Å². The monoisotopic (exact) mass is 154 g/mol. The van der Waals surface area contributed by atoms with Crippen molar-refractivity contribution in [2.45, 2.75) is 33.1 Å². The normalized spacial score (nSPS) is 12.2. The lowest BCUT2D eigenvalue weighted by molar-refractivity contribution is -0.107. The maximum absolute atomic E-state index is 10.4. The molecule has 0 amide bonds. The van der Waals surface area contributed by atoms with Gasteiger partial charge in [0.05, 0.1) is 0 Å². The molecule has 0 aromatic rings. The van der Waals surface area contributed by atoms with Crippen LogP contribution in [-0.4, -0.2) is 12.6 Å². The number of carbonyl (C=O) groups is 2. The van der Waals surface area contributed by atoms with Crippen molar-refractivity contribution in [1.29, 1.82) is 0 Å². The molecule has 0 unspecified atom stereocenters. The minimum absolute atomic E-state index is 0.641. The van der Waals surface area contributed by atoms with Crippen molar-refractivity contribution < 1.29 is 9.59 Å². The molecule has 0 atom stereocenters. The molecule has 2 nitrogen and oxygen atoms in total. The third kappa shape index (κ3) is 3.12. The first kappa shape index (κ1) is 10.1. The van der Waals surface area contributed by atoms with Gasteiger partial charge in [0.1, 0.15) is 12.6 Å². The Bertz CT molecular complexity index is 168. The SMILES string of the molecule is CCC/C(C=O)=C(/C=O)CC. The first-order valence-corrected chi connectivity index (χ1v) is 3.92. The summed E-state index contributed by atoms with van der Waals surface area (Å²) in [6.07, 6.45) is 3.84. The molecule has 62 valence electrons. The predicted octanol–water partition coefficient (Wildman–Crippen LogP) is 1.89. The minimum atomic E-state index is 0.641. The van der Waals surface area contributed by atoms with Crippen molar-refractivity contribution >= 4 is 12.6 Å². The molecule has 2 heteroatoms. The third-order valence-electron chi connectivity index (χ3n) is 1.60. The Kier molecular flexibility index (Phi) is 5.35. The second-order valence-electron chi connectivity index (χ2n) is 2.39. The summed E-state index contributed by atoms with van der Waals surface area (Å²) < 4.78 is 0. The molecular formula is C9H14O2. The van der Waals surface area contributed by atoms with Gasteiger partial charge in [0.2, 0.25) is 0 Å². The van der Waals surface area contributed by atoms with E-state index >= 15 is 0 Å². The van der Waals surface area contributed by atoms with Gasteiger partial charge in [-0.2, -0.15) is 0 Å². The average Bonchev–Trinajstić information content (AvgIpc) is 2.05. The highest BCUT2D eigenvalue weighted by atomic mass is 16.1. The Hall–Kier alpha value is -0.920. The zero-order chi connectivity index (χ0) is 8.69. The van der Waals surface area contributed by atoms with Crippen LogP contribution in [0.3, 0.4) is 0 Å². The fourth-order valence-corrected chi connectivity index (χ4v) is 0.951. The van der Waals surface area contributed by atoms with Gasteiger partial charge in [-0.25, -0.2) is 0 Å². The number of carbonyl (C=O) groups excluding carboxylic acids is 2. The summed E-state index contributed by atoms with van der Waals surface area (Å²) in [4.78, 5) is 20.8. The standard InChI is InChI=1S/C9H14O2/c1-3-5-9(7-11)8(4-2)6-10/h6-7H,3-5H2,1-2H3/b9-8-. The van der Waals surface area contributed by atoms with Crippen LogP contribution >= 0.6 is 0 Å². The van der Waals surface area contributed by atoms with Crippen molar-refractivity contribution in [3.63, 3.8) is 0 Å². The lowest BCUT2D eigenvalue weighted by Gasteiger charge is -1.99. The average molecular weight is 154 g/mol. The van der Waals surface area contributed by atoms with Crippen molar-refractivity contribution in [3.8, 4) is 0 Å². The number of hydrogen-bond donors (Lipinski definition) is 0. The largest absolute Gasteiger partial charge is 0.298 e. The molecular weight excluding hydrogens is 140 g/mol. The van der Waals surface area contributed by atoms with Crippen LogP contribution in [0.5, 0.6) is 0 Å². The summed E-state index contributed by atoms with van der Waals surface area (Å²) in [7, 11) is 0. The number of allylic oxidation sites excluding steroid dienone is 2. The molecule has 0 heterocycles. The molecule has 0 aliphatic rings. The van der Waals surface area contributed by atoms with E-state index in [0.29, 0.717) is 24.0 Å². The van der Waals surface area contributed by atoms with Crippen molar-refractivity contribution in [2.24, 2.45) is 0 Å². The van der Waals surface area contributed by atoms with Gasteiger partial charge in [-0.3, -0.25) is 9.59 Å². The maximum atomic E-state index is 10.4. The van der Waals surface area contributed by atoms with Gasteiger partial charge < -0.3 is 0 Å². The van der Waals surface area contributed by atoms with Crippen LogP contribution in [0.1, 0.15) is 33.1 Å². The summed E-state index contributed by atoms with van der Waals surface area (Å²) in [5.41, 5.74) is 1.30. The van der Waals surface area contributed by atoms with Crippen LogP contribution in [0.2, 0.25) is 0 Å². The Morgan fingerprint density at radius 3 is 1.91 bits per heavy atom. The third-order valence-corrected chi connectivity index (χ3v) is 1.60. The van der Waals surface area contributed by atoms with Gasteiger partial charge in [0.25, 0.3) is 0 Å². The van der Waals surface area contributed by atoms with E-state index in [-0.39, 0.29) is 0 Å². The number of hydrogen-bond acceptors (Lipinski definition) is 2. The molecule has 11 heavy (non-hydrogen) atoms. The fraction of sp³-hybridized carbons (Fsp3) is 0.556. The summed E-state index contributed by atoms with van der Waals surface area (Å²) in [6, 6.07) is 0. The summed E-state index contributed by atoms with van der Waals surface area (Å²) in [5.74, 6) is 0. The number of aldehydes is 2. The van der Waals surface area contributed by atoms with E-state index in [1.165, 1.54) is 0 Å². The van der Waals surface area contributed by atoms with E-state index in [4.69, 9.17) is 0 Å². The fourth-order valence-electron chi connectivity index (χ4n) is 0.951. The second-order valence-corrected chi connectivity index (χ2v) is 2.39. The predicted molar refractivity (Wildman–Crippen MR) is 44.4 cm³/mol. The second kappa shape index (κ2) is 5.83. The van der Waals surface area contributed by atoms with Crippen LogP contribution in [0.4, 0.5) is 0 Å². The van der Waals surface area contributed by atoms with Gasteiger partial charge in [-0.15, -0.1) is 0 Å². The topological polar surface area (TPSA) is 34.1 Å². The molecule has 0 rings (SSSR count). The molecule has 0 saturated heterocycles. The van der Waals surface area contributed by atoms with E-state index < -0.39 is 0 Å². The molecule has 0 bridgehead atoms. The van der Waals surface area contributed by atoms with E-state index in [1.54, 1.807) is 0 Å². The summed E-state index contributed by atoms with van der Waals surface area (Å²) in [6.45, 7) is 3.87. The molecule has 0 fully saturated rings. The van der Waals surface area contributed by atoms with Gasteiger partial charge in [-0.05, 0) is 24.0 Å². The van der Waals surface area contributed by atoms with Gasteiger partial charge in [-0.1, -0.05) is 20.3 Å². The zero-order valence-corrected chi connectivity index (χ0v) is 7.09. The van der Waals surface area contributed by atoms with Crippen molar-refractivity contribution in [1.82, 2.24) is 0 Å². The van der Waals surface area contributed by atoms with Crippen LogP contribution < -0.4 is 0 Å². The lowest BCUT2D eigenvalue weighted by Crippen LogP contribution is -1.93. The number of rotatable bonds is 5. The zero-order valence-electron chi connectivity index (χ0n) is 7.09. The maximum Gasteiger partial charge on any atom is 0.146 e. The van der Waals surface area contributed by atoms with Gasteiger partial charge in [0.15, 0.2) is 0 Å². The first-order chi connectivity index (χ1) is 5.29. The first-order valence-electron chi connectivity index (χ1n) is 3.92. The molecule has 0 spiro atoms. The van der Waals surface area contributed by atoms with Crippen LogP contribution in [0.15, 0.2) is 11.1 Å². The summed E-state index contributed by atoms with van der Waals surface area (Å²) >= 11 is 0. The Balaban J connectivity index is 4.46. The van der Waals surface area contributed by atoms with Crippen molar-refractivity contribution in [3.05, 3.63) is 11.1 Å². The van der Waals surface area contributed by atoms with Crippen LogP contribution in [0, 0.1) is 0 Å². The van der Waals surface area contributed by atoms with Gasteiger partial charge >= 0.3 is 0 Å². The van der Waals surface area contributed by atoms with E-state index in [0.717, 1.165) is 19.0 Å². The minimum Gasteiger partial charge on any atom is -0.298 e. The quantitative estimate of drug-likeness (QED) is 0.447. The molecule has 0 saturated carbocycles. The highest BCUT2D eigenvalue weighted by molar-refractivity contribution is 5.86. The van der Waals surface area contributed by atoms with E-state index in [9.17, 15) is 9.59 Å². The lowest BCUT2D eigenvalue weighted by atomic mass is 10.0. The Morgan fingerprint density at radius 2 is 1.64 bits per heavy atom. The molecule has 0 aliphatic carbocycles. The van der Waals surface area contributed by atoms with Crippen molar-refractivity contribution in [2.75, 3.05) is 0 Å². The summed E-state index contributed by atoms with van der Waals surface area (Å²) in [5, 5.41) is 0. The van der Waals surface area contributed by atoms with Crippen LogP contribution in [0.25, 0.3) is 0 Å². The Morgan fingerprint density at radius 1 is 1.09 bits per heavy atom. The molecule has 0 N–H and O–H groups in total. The highest BCUT2D eigenvalue weighted by Gasteiger charge is 2.01. The molecule has 0 aromatic heterocycles.